The average molecular weight is 444 g/mol. The van der Waals surface area contributed by atoms with Crippen molar-refractivity contribution in [3.63, 3.8) is 0 Å². The monoisotopic (exact) mass is 443 g/mol. The molecule has 5 rings (SSSR count). The second-order valence-electron chi connectivity index (χ2n) is 8.13. The Morgan fingerprint density at radius 1 is 1.12 bits per heavy atom. The molecule has 1 aromatic carbocycles. The summed E-state index contributed by atoms with van der Waals surface area (Å²) in [6, 6.07) is 9.80. The number of pyridine rings is 1. The molecule has 168 valence electrons. The lowest BCUT2D eigenvalue weighted by Gasteiger charge is -2.33. The Labute approximate surface area is 191 Å². The SMILES string of the molecule is COc1ccc2c(c1)c(C)c(C(=O)N1CCO[C@H](c3ccc(-c4cncnc4)cn3)C1)n2C. The van der Waals surface area contributed by atoms with Crippen LogP contribution in [0.3, 0.4) is 0 Å². The molecular weight excluding hydrogens is 418 g/mol. The number of hydrogen-bond acceptors (Lipinski definition) is 6. The van der Waals surface area contributed by atoms with E-state index in [9.17, 15) is 4.79 Å². The van der Waals surface area contributed by atoms with Crippen LogP contribution < -0.4 is 4.74 Å². The van der Waals surface area contributed by atoms with E-state index in [-0.39, 0.29) is 12.0 Å². The van der Waals surface area contributed by atoms with Crippen molar-refractivity contribution in [3.05, 3.63) is 72.2 Å². The Bertz CT molecular complexity index is 1300. The van der Waals surface area contributed by atoms with Crippen molar-refractivity contribution >= 4 is 16.8 Å². The second kappa shape index (κ2) is 8.63. The van der Waals surface area contributed by atoms with Gasteiger partial charge in [-0.25, -0.2) is 9.97 Å². The van der Waals surface area contributed by atoms with Crippen LogP contribution >= 0.6 is 0 Å². The van der Waals surface area contributed by atoms with Crippen LogP contribution in [0.5, 0.6) is 5.75 Å². The lowest BCUT2D eigenvalue weighted by molar-refractivity contribution is -0.0250. The van der Waals surface area contributed by atoms with Gasteiger partial charge in [-0.3, -0.25) is 9.78 Å². The second-order valence-corrected chi connectivity index (χ2v) is 8.13. The lowest BCUT2D eigenvalue weighted by Crippen LogP contribution is -2.43. The first kappa shape index (κ1) is 21.1. The van der Waals surface area contributed by atoms with Gasteiger partial charge < -0.3 is 18.9 Å². The molecule has 4 heterocycles. The summed E-state index contributed by atoms with van der Waals surface area (Å²) in [4.78, 5) is 28.1. The third-order valence-corrected chi connectivity index (χ3v) is 6.23. The molecule has 33 heavy (non-hydrogen) atoms. The number of aromatic nitrogens is 4. The molecule has 1 atom stereocenters. The van der Waals surface area contributed by atoms with Gasteiger partial charge in [0.15, 0.2) is 0 Å². The van der Waals surface area contributed by atoms with Gasteiger partial charge in [0.1, 0.15) is 23.9 Å². The predicted octanol–water partition coefficient (Wildman–Crippen LogP) is 3.56. The zero-order valence-electron chi connectivity index (χ0n) is 18.9. The highest BCUT2D eigenvalue weighted by molar-refractivity contribution is 6.02. The zero-order valence-corrected chi connectivity index (χ0v) is 18.9. The lowest BCUT2D eigenvalue weighted by atomic mass is 10.1. The van der Waals surface area contributed by atoms with E-state index in [4.69, 9.17) is 9.47 Å². The molecule has 8 heteroatoms. The normalized spacial score (nSPS) is 16.2. The molecule has 0 radical (unpaired) electrons. The van der Waals surface area contributed by atoms with Gasteiger partial charge in [-0.15, -0.1) is 0 Å². The van der Waals surface area contributed by atoms with Gasteiger partial charge >= 0.3 is 0 Å². The van der Waals surface area contributed by atoms with E-state index in [0.29, 0.717) is 25.4 Å². The Hall–Kier alpha value is -3.78. The van der Waals surface area contributed by atoms with Crippen LogP contribution in [0.1, 0.15) is 27.8 Å². The molecule has 0 unspecified atom stereocenters. The number of aryl methyl sites for hydroxylation is 2. The van der Waals surface area contributed by atoms with Crippen LogP contribution in [0, 0.1) is 6.92 Å². The molecule has 0 aliphatic carbocycles. The number of rotatable bonds is 4. The molecule has 0 spiro atoms. The number of carbonyl (C=O) groups excluding carboxylic acids is 1. The van der Waals surface area contributed by atoms with Gasteiger partial charge in [-0.05, 0) is 36.8 Å². The highest BCUT2D eigenvalue weighted by Gasteiger charge is 2.30. The van der Waals surface area contributed by atoms with Crippen molar-refractivity contribution < 1.29 is 14.3 Å². The molecule has 1 amide bonds. The Balaban J connectivity index is 1.38. The van der Waals surface area contributed by atoms with E-state index in [1.165, 1.54) is 6.33 Å². The molecule has 4 aromatic rings. The first-order valence-corrected chi connectivity index (χ1v) is 10.8. The highest BCUT2D eigenvalue weighted by Crippen LogP contribution is 2.30. The first-order valence-electron chi connectivity index (χ1n) is 10.8. The number of ether oxygens (including phenoxy) is 2. The standard InChI is InChI=1S/C25H25N5O3/c1-16-20-10-19(32-3)5-7-22(20)29(2)24(16)25(31)30-8-9-33-23(14-30)21-6-4-17(13-28-21)18-11-26-15-27-12-18/h4-7,10-13,15,23H,8-9,14H2,1-3H3/t23-/m0/s1. The summed E-state index contributed by atoms with van der Waals surface area (Å²) >= 11 is 0. The van der Waals surface area contributed by atoms with Crippen molar-refractivity contribution in [2.24, 2.45) is 7.05 Å². The minimum absolute atomic E-state index is 0.00322. The summed E-state index contributed by atoms with van der Waals surface area (Å²) in [5.74, 6) is 0.773. The van der Waals surface area contributed by atoms with E-state index in [1.54, 1.807) is 25.7 Å². The first-order chi connectivity index (χ1) is 16.1. The number of morpholine rings is 1. The molecule has 0 saturated carbocycles. The Kier molecular flexibility index (Phi) is 5.51. The van der Waals surface area contributed by atoms with Crippen molar-refractivity contribution in [1.29, 1.82) is 0 Å². The summed E-state index contributed by atoms with van der Waals surface area (Å²) in [5.41, 5.74) is 5.28. The molecule has 1 fully saturated rings. The fourth-order valence-electron chi connectivity index (χ4n) is 4.42. The molecule has 3 aromatic heterocycles. The highest BCUT2D eigenvalue weighted by atomic mass is 16.5. The van der Waals surface area contributed by atoms with Crippen LogP contribution in [0.25, 0.3) is 22.0 Å². The minimum atomic E-state index is -0.279. The number of nitrogens with zero attached hydrogens (tertiary/aromatic N) is 5. The van der Waals surface area contributed by atoms with Crippen LogP contribution in [-0.4, -0.2) is 57.1 Å². The maximum absolute atomic E-state index is 13.6. The van der Waals surface area contributed by atoms with Gasteiger partial charge in [-0.2, -0.15) is 0 Å². The molecule has 1 aliphatic heterocycles. The Morgan fingerprint density at radius 3 is 2.67 bits per heavy atom. The van der Waals surface area contributed by atoms with Gasteiger partial charge in [0.2, 0.25) is 0 Å². The number of hydrogen-bond donors (Lipinski definition) is 0. The molecule has 0 bridgehead atoms. The maximum atomic E-state index is 13.6. The van der Waals surface area contributed by atoms with Crippen LogP contribution in [0.2, 0.25) is 0 Å². The number of fused-ring (bicyclic) bond motifs is 1. The van der Waals surface area contributed by atoms with Gasteiger partial charge in [0.25, 0.3) is 5.91 Å². The summed E-state index contributed by atoms with van der Waals surface area (Å²) in [6.45, 7) is 3.44. The van der Waals surface area contributed by atoms with Crippen LogP contribution in [0.4, 0.5) is 0 Å². The molecular formula is C25H25N5O3. The maximum Gasteiger partial charge on any atom is 0.270 e. The number of carbonyl (C=O) groups is 1. The third-order valence-electron chi connectivity index (χ3n) is 6.23. The van der Waals surface area contributed by atoms with E-state index >= 15 is 0 Å². The van der Waals surface area contributed by atoms with E-state index in [1.807, 2.05) is 53.8 Å². The van der Waals surface area contributed by atoms with Crippen molar-refractivity contribution in [2.75, 3.05) is 26.8 Å². The van der Waals surface area contributed by atoms with Gasteiger partial charge in [0, 0.05) is 54.2 Å². The largest absolute Gasteiger partial charge is 0.497 e. The van der Waals surface area contributed by atoms with Crippen molar-refractivity contribution in [3.8, 4) is 16.9 Å². The predicted molar refractivity (Wildman–Crippen MR) is 124 cm³/mol. The molecule has 0 N–H and O–H groups in total. The van der Waals surface area contributed by atoms with E-state index < -0.39 is 0 Å². The van der Waals surface area contributed by atoms with E-state index in [2.05, 4.69) is 15.0 Å². The fourth-order valence-corrected chi connectivity index (χ4v) is 4.42. The third kappa shape index (κ3) is 3.82. The summed E-state index contributed by atoms with van der Waals surface area (Å²) in [6.07, 6.45) is 6.52. The summed E-state index contributed by atoms with van der Waals surface area (Å²) in [5, 5.41) is 1.02. The van der Waals surface area contributed by atoms with E-state index in [0.717, 1.165) is 39.0 Å². The smallest absolute Gasteiger partial charge is 0.270 e. The average Bonchev–Trinajstić information content (AvgIpc) is 3.13. The van der Waals surface area contributed by atoms with Crippen molar-refractivity contribution in [1.82, 2.24) is 24.4 Å². The summed E-state index contributed by atoms with van der Waals surface area (Å²) in [7, 11) is 3.58. The minimum Gasteiger partial charge on any atom is -0.497 e. The quantitative estimate of drug-likeness (QED) is 0.480. The summed E-state index contributed by atoms with van der Waals surface area (Å²) < 4.78 is 13.3. The number of amides is 1. The van der Waals surface area contributed by atoms with Gasteiger partial charge in [-0.1, -0.05) is 6.07 Å². The molecule has 1 saturated heterocycles. The van der Waals surface area contributed by atoms with Crippen LogP contribution in [-0.2, 0) is 11.8 Å². The number of benzene rings is 1. The zero-order chi connectivity index (χ0) is 22.9. The van der Waals surface area contributed by atoms with Crippen LogP contribution in [0.15, 0.2) is 55.2 Å². The van der Waals surface area contributed by atoms with Gasteiger partial charge in [0.05, 0.1) is 26.0 Å². The molecule has 8 nitrogen and oxygen atoms in total. The topological polar surface area (TPSA) is 82.4 Å². The Morgan fingerprint density at radius 2 is 1.94 bits per heavy atom. The fraction of sp³-hybridized carbons (Fsp3) is 0.280. The van der Waals surface area contributed by atoms with Crippen molar-refractivity contribution in [2.45, 2.75) is 13.0 Å². The number of methoxy groups -OCH3 is 1. The molecule has 1 aliphatic rings.